The van der Waals surface area contributed by atoms with Gasteiger partial charge in [-0.25, -0.2) is 0 Å². The lowest BCUT2D eigenvalue weighted by Gasteiger charge is -2.40. The fourth-order valence-corrected chi connectivity index (χ4v) is 2.28. The summed E-state index contributed by atoms with van der Waals surface area (Å²) < 4.78 is 28.0. The van der Waals surface area contributed by atoms with Gasteiger partial charge < -0.3 is 9.64 Å². The average molecular weight is 234 g/mol. The lowest BCUT2D eigenvalue weighted by Crippen LogP contribution is -2.59. The zero-order valence-electron chi connectivity index (χ0n) is 9.23. The summed E-state index contributed by atoms with van der Waals surface area (Å²) in [4.78, 5) is 15.5. The van der Waals surface area contributed by atoms with Gasteiger partial charge in [0.2, 0.25) is 5.91 Å². The number of alkyl halides is 2. The van der Waals surface area contributed by atoms with Crippen LogP contribution >= 0.6 is 0 Å². The zero-order chi connectivity index (χ0) is 11.7. The third-order valence-corrected chi connectivity index (χ3v) is 3.26. The van der Waals surface area contributed by atoms with Gasteiger partial charge in [0.05, 0.1) is 12.1 Å². The minimum Gasteiger partial charge on any atom is -0.336 e. The maximum atomic E-state index is 11.9. The predicted octanol–water partition coefficient (Wildman–Crippen LogP) is 0.531. The van der Waals surface area contributed by atoms with Crippen LogP contribution in [0.25, 0.3) is 0 Å². The van der Waals surface area contributed by atoms with E-state index in [2.05, 4.69) is 4.74 Å². The van der Waals surface area contributed by atoms with Crippen LogP contribution < -0.4 is 0 Å². The van der Waals surface area contributed by atoms with Gasteiger partial charge in [-0.05, 0) is 26.4 Å². The minimum atomic E-state index is -2.74. The highest BCUT2D eigenvalue weighted by Crippen LogP contribution is 2.22. The predicted molar refractivity (Wildman–Crippen MR) is 53.1 cm³/mol. The molecule has 2 saturated heterocycles. The number of likely N-dealkylation sites (N-methyl/N-ethyl adjacent to an activating group) is 1. The van der Waals surface area contributed by atoms with E-state index in [1.165, 1.54) is 0 Å². The van der Waals surface area contributed by atoms with Gasteiger partial charge in [-0.1, -0.05) is 0 Å². The summed E-state index contributed by atoms with van der Waals surface area (Å²) in [5.41, 5.74) is 0. The van der Waals surface area contributed by atoms with Crippen molar-refractivity contribution in [1.29, 1.82) is 0 Å². The van der Waals surface area contributed by atoms with Crippen molar-refractivity contribution >= 4 is 5.91 Å². The van der Waals surface area contributed by atoms with E-state index in [0.29, 0.717) is 13.1 Å². The number of likely N-dealkylation sites (tertiary alicyclic amines) is 2. The van der Waals surface area contributed by atoms with Crippen LogP contribution in [0.5, 0.6) is 0 Å². The Labute approximate surface area is 93.1 Å². The summed E-state index contributed by atoms with van der Waals surface area (Å²) >= 11 is 0. The van der Waals surface area contributed by atoms with Crippen molar-refractivity contribution in [3.05, 3.63) is 0 Å². The number of carbonyl (C=O) groups excluding carboxylic acids is 1. The molecule has 2 aliphatic rings. The molecule has 0 aromatic heterocycles. The largest absolute Gasteiger partial charge is 0.345 e. The van der Waals surface area contributed by atoms with E-state index in [9.17, 15) is 13.6 Å². The third kappa shape index (κ3) is 2.32. The first-order chi connectivity index (χ1) is 7.58. The fraction of sp³-hybridized carbons (Fsp3) is 0.900. The Hall–Kier alpha value is -0.750. The monoisotopic (exact) mass is 234 g/mol. The van der Waals surface area contributed by atoms with Crippen LogP contribution in [0.4, 0.5) is 8.78 Å². The van der Waals surface area contributed by atoms with E-state index in [4.69, 9.17) is 0 Å². The fourth-order valence-electron chi connectivity index (χ4n) is 2.28. The van der Waals surface area contributed by atoms with Crippen LogP contribution in [-0.4, -0.2) is 61.1 Å². The quantitative estimate of drug-likeness (QED) is 0.714. The van der Waals surface area contributed by atoms with Crippen molar-refractivity contribution < 1.29 is 18.3 Å². The second-order valence-corrected chi connectivity index (χ2v) is 4.40. The highest BCUT2D eigenvalue weighted by molar-refractivity contribution is 5.83. The van der Waals surface area contributed by atoms with Crippen LogP contribution in [-0.2, 0) is 9.53 Å². The molecule has 0 aliphatic carbocycles. The molecule has 6 heteroatoms. The molecule has 92 valence electrons. The Morgan fingerprint density at radius 3 is 2.62 bits per heavy atom. The standard InChI is InChI=1S/C10H16F2N2O2/c1-13-4-2-3-8(13)9(15)14-5-7(6-14)16-10(11)12/h7-8,10H,2-6H2,1H3/t8-/m0/s1. The number of ether oxygens (including phenoxy) is 1. The molecule has 0 bridgehead atoms. The van der Waals surface area contributed by atoms with E-state index in [0.717, 1.165) is 19.4 Å². The van der Waals surface area contributed by atoms with Crippen LogP contribution in [0.15, 0.2) is 0 Å². The van der Waals surface area contributed by atoms with E-state index >= 15 is 0 Å². The smallest absolute Gasteiger partial charge is 0.336 e. The Bertz CT molecular complexity index is 270. The number of carbonyl (C=O) groups is 1. The van der Waals surface area contributed by atoms with Gasteiger partial charge >= 0.3 is 6.61 Å². The molecular weight excluding hydrogens is 218 g/mol. The summed E-state index contributed by atoms with van der Waals surface area (Å²) in [6.45, 7) is -1.21. The zero-order valence-corrected chi connectivity index (χ0v) is 9.23. The first-order valence-electron chi connectivity index (χ1n) is 5.50. The molecule has 0 spiro atoms. The summed E-state index contributed by atoms with van der Waals surface area (Å²) in [6, 6.07) is -0.0625. The molecule has 4 nitrogen and oxygen atoms in total. The Morgan fingerprint density at radius 2 is 2.12 bits per heavy atom. The van der Waals surface area contributed by atoms with Crippen molar-refractivity contribution in [2.45, 2.75) is 31.6 Å². The molecule has 2 heterocycles. The lowest BCUT2D eigenvalue weighted by atomic mass is 10.1. The van der Waals surface area contributed by atoms with Gasteiger partial charge in [-0.3, -0.25) is 9.69 Å². The number of rotatable bonds is 3. The number of nitrogens with zero attached hydrogens (tertiary/aromatic N) is 2. The molecule has 1 atom stereocenters. The molecule has 2 aliphatic heterocycles. The second kappa shape index (κ2) is 4.63. The van der Waals surface area contributed by atoms with Crippen molar-refractivity contribution in [2.24, 2.45) is 0 Å². The van der Waals surface area contributed by atoms with Gasteiger partial charge in [0.1, 0.15) is 0 Å². The van der Waals surface area contributed by atoms with Crippen LogP contribution in [0.2, 0.25) is 0 Å². The Morgan fingerprint density at radius 1 is 1.44 bits per heavy atom. The van der Waals surface area contributed by atoms with Crippen molar-refractivity contribution in [3.63, 3.8) is 0 Å². The minimum absolute atomic E-state index is 0.0501. The summed E-state index contributed by atoms with van der Waals surface area (Å²) in [5, 5.41) is 0. The van der Waals surface area contributed by atoms with Crippen LogP contribution in [0.1, 0.15) is 12.8 Å². The Balaban J connectivity index is 1.76. The van der Waals surface area contributed by atoms with E-state index < -0.39 is 12.7 Å². The molecule has 0 radical (unpaired) electrons. The molecule has 2 rings (SSSR count). The molecule has 0 saturated carbocycles. The number of hydrogen-bond acceptors (Lipinski definition) is 3. The normalized spacial score (nSPS) is 27.5. The number of halogens is 2. The molecule has 0 unspecified atom stereocenters. The highest BCUT2D eigenvalue weighted by Gasteiger charge is 2.38. The molecular formula is C10H16F2N2O2. The van der Waals surface area contributed by atoms with Gasteiger partial charge in [-0.15, -0.1) is 0 Å². The highest BCUT2D eigenvalue weighted by atomic mass is 19.3. The van der Waals surface area contributed by atoms with E-state index in [1.54, 1.807) is 4.90 Å². The molecule has 1 amide bonds. The van der Waals surface area contributed by atoms with Gasteiger partial charge in [0.25, 0.3) is 0 Å². The number of hydrogen-bond donors (Lipinski definition) is 0. The van der Waals surface area contributed by atoms with E-state index in [-0.39, 0.29) is 11.9 Å². The lowest BCUT2D eigenvalue weighted by molar-refractivity contribution is -0.200. The summed E-state index contributed by atoms with van der Waals surface area (Å²) in [6.07, 6.45) is 1.40. The van der Waals surface area contributed by atoms with Gasteiger partial charge in [0, 0.05) is 13.1 Å². The van der Waals surface area contributed by atoms with Crippen molar-refractivity contribution in [3.8, 4) is 0 Å². The first kappa shape index (κ1) is 11.7. The third-order valence-electron chi connectivity index (χ3n) is 3.26. The van der Waals surface area contributed by atoms with E-state index in [1.807, 2.05) is 11.9 Å². The molecule has 0 aromatic carbocycles. The summed E-state index contributed by atoms with van der Waals surface area (Å²) in [5.74, 6) is 0.0501. The topological polar surface area (TPSA) is 32.8 Å². The van der Waals surface area contributed by atoms with Crippen molar-refractivity contribution in [1.82, 2.24) is 9.80 Å². The average Bonchev–Trinajstić information content (AvgIpc) is 2.56. The molecule has 16 heavy (non-hydrogen) atoms. The first-order valence-corrected chi connectivity index (χ1v) is 5.50. The Kier molecular flexibility index (Phi) is 3.39. The maximum absolute atomic E-state index is 11.9. The molecule has 2 fully saturated rings. The number of amides is 1. The molecule has 0 N–H and O–H groups in total. The van der Waals surface area contributed by atoms with Crippen LogP contribution in [0.3, 0.4) is 0 Å². The molecule has 0 aromatic rings. The van der Waals surface area contributed by atoms with Crippen LogP contribution in [0, 0.1) is 0 Å². The second-order valence-electron chi connectivity index (χ2n) is 4.40. The SMILES string of the molecule is CN1CCC[C@H]1C(=O)N1CC(OC(F)F)C1. The van der Waals surface area contributed by atoms with Crippen molar-refractivity contribution in [2.75, 3.05) is 26.7 Å². The maximum Gasteiger partial charge on any atom is 0.345 e. The van der Waals surface area contributed by atoms with Gasteiger partial charge in [0.15, 0.2) is 0 Å². The van der Waals surface area contributed by atoms with Gasteiger partial charge in [-0.2, -0.15) is 8.78 Å². The summed E-state index contributed by atoms with van der Waals surface area (Å²) in [7, 11) is 1.92.